The first-order valence-corrected chi connectivity index (χ1v) is 9.90. The predicted molar refractivity (Wildman–Crippen MR) is 116 cm³/mol. The molecular weight excluding hydrogens is 396 g/mol. The molecule has 3 aromatic carbocycles. The molecule has 0 atom stereocenters. The molecule has 0 radical (unpaired) electrons. The van der Waals surface area contributed by atoms with E-state index in [1.807, 2.05) is 25.1 Å². The molecule has 1 aliphatic rings. The third-order valence-electron chi connectivity index (χ3n) is 5.14. The fourth-order valence-electron chi connectivity index (χ4n) is 3.56. The van der Waals surface area contributed by atoms with Gasteiger partial charge in [-0.2, -0.15) is 0 Å². The highest BCUT2D eigenvalue weighted by atomic mass is 16.6. The number of rotatable bonds is 3. The van der Waals surface area contributed by atoms with Gasteiger partial charge in [0.25, 0.3) is 5.91 Å². The molecule has 1 aliphatic heterocycles. The van der Waals surface area contributed by atoms with Crippen molar-refractivity contribution in [2.45, 2.75) is 13.8 Å². The molecule has 1 aromatic heterocycles. The summed E-state index contributed by atoms with van der Waals surface area (Å²) in [5.41, 5.74) is 4.35. The Bertz CT molecular complexity index is 1330. The lowest BCUT2D eigenvalue weighted by molar-refractivity contribution is 0.102. The van der Waals surface area contributed by atoms with Crippen LogP contribution < -0.4 is 14.8 Å². The topological polar surface area (TPSA) is 93.8 Å². The van der Waals surface area contributed by atoms with Gasteiger partial charge in [0.2, 0.25) is 5.89 Å². The van der Waals surface area contributed by atoms with Crippen LogP contribution in [0.1, 0.15) is 21.5 Å². The number of phenolic OH excluding ortho intramolecular Hbond substituents is 1. The van der Waals surface area contributed by atoms with Crippen molar-refractivity contribution in [3.63, 3.8) is 0 Å². The highest BCUT2D eigenvalue weighted by Crippen LogP contribution is 2.36. The van der Waals surface area contributed by atoms with E-state index in [2.05, 4.69) is 10.3 Å². The van der Waals surface area contributed by atoms with Gasteiger partial charge in [0, 0.05) is 11.3 Å². The fraction of sp³-hybridized carbons (Fsp3) is 0.167. The number of hydrogen-bond donors (Lipinski definition) is 2. The minimum absolute atomic E-state index is 0.0561. The Morgan fingerprint density at radius 3 is 2.65 bits per heavy atom. The number of phenols is 1. The minimum atomic E-state index is -0.304. The van der Waals surface area contributed by atoms with Crippen molar-refractivity contribution >= 4 is 22.7 Å². The zero-order valence-electron chi connectivity index (χ0n) is 17.1. The van der Waals surface area contributed by atoms with Crippen LogP contribution in [0, 0.1) is 13.8 Å². The zero-order valence-corrected chi connectivity index (χ0v) is 17.1. The SMILES string of the molecule is Cc1ccc2oc(-c3cc(NC(=O)c4ccc5c(c4)OCCO5)cc(C)c3O)nc2c1. The number of amides is 1. The molecule has 0 unspecified atom stereocenters. The summed E-state index contributed by atoms with van der Waals surface area (Å²) in [6, 6.07) is 14.1. The van der Waals surface area contributed by atoms with E-state index in [9.17, 15) is 9.90 Å². The van der Waals surface area contributed by atoms with Crippen molar-refractivity contribution in [2.24, 2.45) is 0 Å². The third kappa shape index (κ3) is 3.54. The van der Waals surface area contributed by atoms with Crippen LogP contribution in [0.5, 0.6) is 17.2 Å². The molecule has 2 heterocycles. The lowest BCUT2D eigenvalue weighted by Crippen LogP contribution is -2.17. The summed E-state index contributed by atoms with van der Waals surface area (Å²) in [5.74, 6) is 1.21. The van der Waals surface area contributed by atoms with E-state index >= 15 is 0 Å². The average molecular weight is 416 g/mol. The van der Waals surface area contributed by atoms with E-state index in [0.29, 0.717) is 58.2 Å². The van der Waals surface area contributed by atoms with Gasteiger partial charge >= 0.3 is 0 Å². The summed E-state index contributed by atoms with van der Waals surface area (Å²) in [5, 5.41) is 13.5. The molecule has 0 bridgehead atoms. The number of aryl methyl sites for hydroxylation is 2. The average Bonchev–Trinajstić information content (AvgIpc) is 3.18. The number of anilines is 1. The first kappa shape index (κ1) is 19.0. The van der Waals surface area contributed by atoms with E-state index in [-0.39, 0.29) is 17.5 Å². The number of carbonyl (C=O) groups is 1. The van der Waals surface area contributed by atoms with E-state index in [4.69, 9.17) is 13.9 Å². The van der Waals surface area contributed by atoms with Crippen molar-refractivity contribution in [3.05, 3.63) is 65.2 Å². The molecule has 1 amide bonds. The maximum Gasteiger partial charge on any atom is 0.255 e. The molecule has 5 rings (SSSR count). The number of fused-ring (bicyclic) bond motifs is 2. The van der Waals surface area contributed by atoms with Crippen molar-refractivity contribution in [1.29, 1.82) is 0 Å². The molecule has 156 valence electrons. The Balaban J connectivity index is 1.47. The van der Waals surface area contributed by atoms with Gasteiger partial charge in [-0.25, -0.2) is 4.98 Å². The molecule has 0 spiro atoms. The van der Waals surface area contributed by atoms with E-state index in [1.54, 1.807) is 37.3 Å². The summed E-state index contributed by atoms with van der Waals surface area (Å²) in [4.78, 5) is 17.3. The Labute approximate surface area is 178 Å². The third-order valence-corrected chi connectivity index (χ3v) is 5.14. The van der Waals surface area contributed by atoms with Gasteiger partial charge in [-0.1, -0.05) is 6.07 Å². The van der Waals surface area contributed by atoms with Gasteiger partial charge in [0.15, 0.2) is 17.1 Å². The van der Waals surface area contributed by atoms with Gasteiger partial charge in [-0.05, 0) is 67.4 Å². The highest BCUT2D eigenvalue weighted by Gasteiger charge is 2.18. The van der Waals surface area contributed by atoms with Crippen molar-refractivity contribution in [2.75, 3.05) is 18.5 Å². The second-order valence-corrected chi connectivity index (χ2v) is 7.49. The van der Waals surface area contributed by atoms with Crippen LogP contribution in [-0.2, 0) is 0 Å². The fourth-order valence-corrected chi connectivity index (χ4v) is 3.56. The molecule has 0 saturated carbocycles. The van der Waals surface area contributed by atoms with Crippen LogP contribution in [0.25, 0.3) is 22.6 Å². The standard InChI is InChI=1S/C24H20N2O5/c1-13-3-5-19-18(9-13)26-24(31-19)17-12-16(10-14(2)22(17)27)25-23(28)15-4-6-20-21(11-15)30-8-7-29-20/h3-6,9-12,27H,7-8H2,1-2H3,(H,25,28). The maximum atomic E-state index is 12.8. The van der Waals surface area contributed by atoms with Crippen molar-refractivity contribution in [1.82, 2.24) is 4.98 Å². The Hall–Kier alpha value is -4.00. The van der Waals surface area contributed by atoms with Crippen LogP contribution >= 0.6 is 0 Å². The summed E-state index contributed by atoms with van der Waals surface area (Å²) in [7, 11) is 0. The number of ether oxygens (including phenoxy) is 2. The van der Waals surface area contributed by atoms with Gasteiger partial charge < -0.3 is 24.3 Å². The maximum absolute atomic E-state index is 12.8. The van der Waals surface area contributed by atoms with Gasteiger partial charge in [-0.3, -0.25) is 4.79 Å². The molecule has 31 heavy (non-hydrogen) atoms. The second-order valence-electron chi connectivity index (χ2n) is 7.49. The number of benzene rings is 3. The number of oxazole rings is 1. The second kappa shape index (κ2) is 7.36. The molecule has 7 nitrogen and oxygen atoms in total. The lowest BCUT2D eigenvalue weighted by atomic mass is 10.1. The van der Waals surface area contributed by atoms with Crippen molar-refractivity contribution in [3.8, 4) is 28.7 Å². The summed E-state index contributed by atoms with van der Waals surface area (Å²) >= 11 is 0. The molecule has 7 heteroatoms. The lowest BCUT2D eigenvalue weighted by Gasteiger charge is -2.18. The monoisotopic (exact) mass is 416 g/mol. The molecule has 0 fully saturated rings. The van der Waals surface area contributed by atoms with Crippen LogP contribution in [0.2, 0.25) is 0 Å². The first-order chi connectivity index (χ1) is 15.0. The predicted octanol–water partition coefficient (Wildman–Crippen LogP) is 4.84. The zero-order chi connectivity index (χ0) is 21.5. The number of nitrogens with zero attached hydrogens (tertiary/aromatic N) is 1. The Kier molecular flexibility index (Phi) is 4.51. The van der Waals surface area contributed by atoms with E-state index in [0.717, 1.165) is 5.56 Å². The Morgan fingerprint density at radius 2 is 1.81 bits per heavy atom. The normalized spacial score (nSPS) is 12.7. The Morgan fingerprint density at radius 1 is 1.00 bits per heavy atom. The largest absolute Gasteiger partial charge is 0.507 e. The molecule has 0 aliphatic carbocycles. The van der Waals surface area contributed by atoms with E-state index in [1.165, 1.54) is 0 Å². The highest BCUT2D eigenvalue weighted by molar-refractivity contribution is 6.05. The van der Waals surface area contributed by atoms with Crippen LogP contribution in [0.15, 0.2) is 52.9 Å². The van der Waals surface area contributed by atoms with Gasteiger partial charge in [0.1, 0.15) is 24.5 Å². The molecule has 2 N–H and O–H groups in total. The van der Waals surface area contributed by atoms with Gasteiger partial charge in [0.05, 0.1) is 5.56 Å². The molecular formula is C24H20N2O5. The van der Waals surface area contributed by atoms with Crippen molar-refractivity contribution < 1.29 is 23.8 Å². The van der Waals surface area contributed by atoms with Crippen LogP contribution in [0.3, 0.4) is 0 Å². The van der Waals surface area contributed by atoms with E-state index < -0.39 is 0 Å². The number of nitrogens with one attached hydrogen (secondary N) is 1. The molecule has 4 aromatic rings. The summed E-state index contributed by atoms with van der Waals surface area (Å²) in [6.07, 6.45) is 0. The van der Waals surface area contributed by atoms with Gasteiger partial charge in [-0.15, -0.1) is 0 Å². The van der Waals surface area contributed by atoms with Crippen LogP contribution in [0.4, 0.5) is 5.69 Å². The van der Waals surface area contributed by atoms with Crippen LogP contribution in [-0.4, -0.2) is 29.2 Å². The summed E-state index contributed by atoms with van der Waals surface area (Å²) in [6.45, 7) is 4.67. The smallest absolute Gasteiger partial charge is 0.255 e. The number of hydrogen-bond acceptors (Lipinski definition) is 6. The first-order valence-electron chi connectivity index (χ1n) is 9.90. The summed E-state index contributed by atoms with van der Waals surface area (Å²) < 4.78 is 16.9. The number of aromatic nitrogens is 1. The molecule has 0 saturated heterocycles. The number of aromatic hydroxyl groups is 1. The minimum Gasteiger partial charge on any atom is -0.507 e. The number of carbonyl (C=O) groups excluding carboxylic acids is 1. The quantitative estimate of drug-likeness (QED) is 0.464.